The lowest BCUT2D eigenvalue weighted by Gasteiger charge is -1.99. The van der Waals surface area contributed by atoms with Crippen molar-refractivity contribution in [3.63, 3.8) is 0 Å². The molecule has 1 heterocycles. The first kappa shape index (κ1) is 11.1. The van der Waals surface area contributed by atoms with Crippen LogP contribution in [0.3, 0.4) is 0 Å². The van der Waals surface area contributed by atoms with Crippen molar-refractivity contribution in [2.75, 3.05) is 19.3 Å². The third-order valence-electron chi connectivity index (χ3n) is 1.63. The maximum atomic E-state index is 10.7. The van der Waals surface area contributed by atoms with Crippen LogP contribution in [-0.4, -0.2) is 34.6 Å². The van der Waals surface area contributed by atoms with E-state index >= 15 is 0 Å². The van der Waals surface area contributed by atoms with Gasteiger partial charge in [0.05, 0.1) is 11.9 Å². The highest BCUT2D eigenvalue weighted by Gasteiger charge is 2.10. The van der Waals surface area contributed by atoms with Crippen LogP contribution in [0.15, 0.2) is 12.3 Å². The fraction of sp³-hybridized carbons (Fsp3) is 0.222. The molecule has 6 heteroatoms. The molecule has 0 fully saturated rings. The van der Waals surface area contributed by atoms with Gasteiger partial charge >= 0.3 is 5.97 Å². The summed E-state index contributed by atoms with van der Waals surface area (Å²) in [6.07, 6.45) is 4.91. The molecule has 1 aromatic heterocycles. The Morgan fingerprint density at radius 2 is 2.47 bits per heavy atom. The first-order valence-corrected chi connectivity index (χ1v) is 4.32. The molecule has 0 aliphatic carbocycles. The number of carbonyl (C=O) groups is 1. The van der Waals surface area contributed by atoms with E-state index in [-0.39, 0.29) is 11.5 Å². The van der Waals surface area contributed by atoms with Crippen molar-refractivity contribution < 1.29 is 9.90 Å². The Labute approximate surface area is 86.9 Å². The number of nitrogens with one attached hydrogen (secondary N) is 1. The molecule has 15 heavy (non-hydrogen) atoms. The highest BCUT2D eigenvalue weighted by molar-refractivity contribution is 5.90. The van der Waals surface area contributed by atoms with Gasteiger partial charge in [0.25, 0.3) is 0 Å². The predicted molar refractivity (Wildman–Crippen MR) is 56.4 cm³/mol. The summed E-state index contributed by atoms with van der Waals surface area (Å²) >= 11 is 0. The molecule has 4 N–H and O–H groups in total. The Balaban J connectivity index is 2.92. The summed E-state index contributed by atoms with van der Waals surface area (Å²) in [7, 11) is 1.81. The van der Waals surface area contributed by atoms with E-state index in [1.807, 2.05) is 13.1 Å². The van der Waals surface area contributed by atoms with Crippen molar-refractivity contribution in [2.45, 2.75) is 0 Å². The number of likely N-dealkylation sites (N-methyl/N-ethyl adjacent to an activating group) is 1. The van der Waals surface area contributed by atoms with Crippen LogP contribution in [0.4, 0.5) is 5.82 Å². The monoisotopic (exact) mass is 208 g/mol. The highest BCUT2D eigenvalue weighted by Crippen LogP contribution is 2.06. The van der Waals surface area contributed by atoms with Crippen LogP contribution < -0.4 is 11.1 Å². The summed E-state index contributed by atoms with van der Waals surface area (Å²) in [4.78, 5) is 18.3. The third-order valence-corrected chi connectivity index (χ3v) is 1.63. The number of hydrogen-bond acceptors (Lipinski definition) is 5. The second-order valence-corrected chi connectivity index (χ2v) is 2.79. The van der Waals surface area contributed by atoms with E-state index in [0.717, 1.165) is 0 Å². The van der Waals surface area contributed by atoms with Crippen molar-refractivity contribution >= 4 is 17.9 Å². The largest absolute Gasteiger partial charge is 0.476 e. The maximum Gasteiger partial charge on any atom is 0.358 e. The van der Waals surface area contributed by atoms with Gasteiger partial charge in [-0.2, -0.15) is 0 Å². The zero-order valence-electron chi connectivity index (χ0n) is 8.27. The molecule has 0 unspecified atom stereocenters. The standard InChI is InChI=1S/C9H12N4O2/c1-11-4-2-3-6-5-12-8(10)7(13-6)9(14)15/h2-3,5,11H,4H2,1H3,(H2,10,12)(H,14,15). The number of anilines is 1. The van der Waals surface area contributed by atoms with Gasteiger partial charge in [0.2, 0.25) is 0 Å². The van der Waals surface area contributed by atoms with Crippen LogP contribution in [-0.2, 0) is 0 Å². The van der Waals surface area contributed by atoms with E-state index in [4.69, 9.17) is 10.8 Å². The van der Waals surface area contributed by atoms with Gasteiger partial charge in [-0.15, -0.1) is 0 Å². The Hall–Kier alpha value is -1.95. The number of aromatic carboxylic acids is 1. The number of nitrogens with two attached hydrogens (primary N) is 1. The van der Waals surface area contributed by atoms with E-state index in [9.17, 15) is 4.79 Å². The van der Waals surface area contributed by atoms with Gasteiger partial charge in [0.1, 0.15) is 0 Å². The van der Waals surface area contributed by atoms with E-state index < -0.39 is 5.97 Å². The minimum absolute atomic E-state index is 0.0757. The Kier molecular flexibility index (Phi) is 3.75. The van der Waals surface area contributed by atoms with E-state index in [2.05, 4.69) is 15.3 Å². The summed E-state index contributed by atoms with van der Waals surface area (Å²) in [5.74, 6) is -1.25. The van der Waals surface area contributed by atoms with Crippen molar-refractivity contribution in [2.24, 2.45) is 0 Å². The van der Waals surface area contributed by atoms with Gasteiger partial charge in [0, 0.05) is 6.54 Å². The molecule has 1 aromatic rings. The lowest BCUT2D eigenvalue weighted by atomic mass is 10.3. The van der Waals surface area contributed by atoms with Crippen LogP contribution in [0.5, 0.6) is 0 Å². The summed E-state index contributed by atoms with van der Waals surface area (Å²) in [5.41, 5.74) is 5.60. The molecular formula is C9H12N4O2. The second kappa shape index (κ2) is 5.06. The van der Waals surface area contributed by atoms with Gasteiger partial charge in [-0.3, -0.25) is 0 Å². The molecule has 1 rings (SSSR count). The van der Waals surface area contributed by atoms with Gasteiger partial charge in [-0.1, -0.05) is 6.08 Å². The SMILES string of the molecule is CNCC=Cc1cnc(N)c(C(=O)O)n1. The second-order valence-electron chi connectivity index (χ2n) is 2.79. The number of carboxylic acids is 1. The molecule has 0 spiro atoms. The van der Waals surface area contributed by atoms with E-state index in [0.29, 0.717) is 12.2 Å². The van der Waals surface area contributed by atoms with Crippen LogP contribution in [0.25, 0.3) is 6.08 Å². The summed E-state index contributed by atoms with van der Waals surface area (Å²) in [6.45, 7) is 0.675. The minimum Gasteiger partial charge on any atom is -0.476 e. The number of nitrogen functional groups attached to an aromatic ring is 1. The molecule has 0 atom stereocenters. The molecule has 0 aliphatic rings. The number of carboxylic acid groups (broad SMARTS) is 1. The molecule has 0 aliphatic heterocycles. The maximum absolute atomic E-state index is 10.7. The summed E-state index contributed by atoms with van der Waals surface area (Å²) < 4.78 is 0. The lowest BCUT2D eigenvalue weighted by Crippen LogP contribution is -2.08. The average Bonchev–Trinajstić information content (AvgIpc) is 2.20. The van der Waals surface area contributed by atoms with E-state index in [1.54, 1.807) is 6.08 Å². The van der Waals surface area contributed by atoms with Gasteiger partial charge in [-0.25, -0.2) is 14.8 Å². The molecule has 0 aromatic carbocycles. The number of aromatic nitrogens is 2. The fourth-order valence-electron chi connectivity index (χ4n) is 0.947. The normalized spacial score (nSPS) is 10.7. The topological polar surface area (TPSA) is 101 Å². The lowest BCUT2D eigenvalue weighted by molar-refractivity contribution is 0.0691. The molecule has 0 radical (unpaired) electrons. The van der Waals surface area contributed by atoms with Crippen molar-refractivity contribution in [1.29, 1.82) is 0 Å². The third kappa shape index (κ3) is 3.03. The Morgan fingerprint density at radius 1 is 1.73 bits per heavy atom. The van der Waals surface area contributed by atoms with Crippen LogP contribution >= 0.6 is 0 Å². The van der Waals surface area contributed by atoms with Crippen molar-refractivity contribution in [3.8, 4) is 0 Å². The molecule has 0 saturated heterocycles. The summed E-state index contributed by atoms with van der Waals surface area (Å²) in [5, 5.41) is 11.7. The zero-order valence-corrected chi connectivity index (χ0v) is 8.27. The first-order chi connectivity index (χ1) is 7.15. The minimum atomic E-state index is -1.18. The Bertz CT molecular complexity index is 390. The average molecular weight is 208 g/mol. The van der Waals surface area contributed by atoms with Crippen molar-refractivity contribution in [1.82, 2.24) is 15.3 Å². The molecule has 80 valence electrons. The van der Waals surface area contributed by atoms with Crippen LogP contribution in [0.1, 0.15) is 16.2 Å². The van der Waals surface area contributed by atoms with Crippen molar-refractivity contribution in [3.05, 3.63) is 23.7 Å². The van der Waals surface area contributed by atoms with E-state index in [1.165, 1.54) is 6.20 Å². The quantitative estimate of drug-likeness (QED) is 0.643. The molecular weight excluding hydrogens is 196 g/mol. The number of hydrogen-bond donors (Lipinski definition) is 3. The smallest absolute Gasteiger partial charge is 0.358 e. The first-order valence-electron chi connectivity index (χ1n) is 4.32. The fourth-order valence-corrected chi connectivity index (χ4v) is 0.947. The van der Waals surface area contributed by atoms with Crippen LogP contribution in [0.2, 0.25) is 0 Å². The molecule has 0 saturated carbocycles. The Morgan fingerprint density at radius 3 is 3.07 bits per heavy atom. The predicted octanol–water partition coefficient (Wildman–Crippen LogP) is -0.0104. The van der Waals surface area contributed by atoms with Gasteiger partial charge in [0.15, 0.2) is 11.5 Å². The molecule has 0 amide bonds. The van der Waals surface area contributed by atoms with Crippen LogP contribution in [0, 0.1) is 0 Å². The molecule has 0 bridgehead atoms. The highest BCUT2D eigenvalue weighted by atomic mass is 16.4. The molecule has 6 nitrogen and oxygen atoms in total. The number of rotatable bonds is 4. The van der Waals surface area contributed by atoms with Gasteiger partial charge < -0.3 is 16.2 Å². The summed E-state index contributed by atoms with van der Waals surface area (Å²) in [6, 6.07) is 0. The number of nitrogens with zero attached hydrogens (tertiary/aromatic N) is 2. The zero-order chi connectivity index (χ0) is 11.3. The van der Waals surface area contributed by atoms with Gasteiger partial charge in [-0.05, 0) is 13.1 Å².